The molecule has 1 aromatic carbocycles. The zero-order valence-electron chi connectivity index (χ0n) is 11.4. The number of benzene rings is 1. The van der Waals surface area contributed by atoms with E-state index in [1.807, 2.05) is 6.92 Å². The molecule has 1 aromatic rings. The molecule has 0 aromatic heterocycles. The van der Waals surface area contributed by atoms with Gasteiger partial charge < -0.3 is 14.8 Å². The van der Waals surface area contributed by atoms with Crippen molar-refractivity contribution in [1.29, 1.82) is 0 Å². The van der Waals surface area contributed by atoms with Gasteiger partial charge in [-0.05, 0) is 18.9 Å². The number of piperidine rings is 1. The van der Waals surface area contributed by atoms with Crippen LogP contribution in [0.4, 0.5) is 10.1 Å². The minimum atomic E-state index is -0.754. The number of nitrogens with one attached hydrogen (secondary N) is 1. The smallest absolute Gasteiger partial charge is 0.314 e. The molecule has 1 heterocycles. The largest absolute Gasteiger partial charge is 0.490 e. The van der Waals surface area contributed by atoms with Crippen LogP contribution in [0.1, 0.15) is 13.3 Å². The minimum absolute atomic E-state index is 0.0113. The van der Waals surface area contributed by atoms with Crippen molar-refractivity contribution in [2.75, 3.05) is 20.2 Å². The van der Waals surface area contributed by atoms with Crippen molar-refractivity contribution in [3.63, 3.8) is 0 Å². The van der Waals surface area contributed by atoms with E-state index in [1.165, 1.54) is 13.2 Å². The van der Waals surface area contributed by atoms with Gasteiger partial charge in [-0.1, -0.05) is 6.92 Å². The molecule has 1 aliphatic rings. The lowest BCUT2D eigenvalue weighted by atomic mass is 9.97. The Balaban J connectivity index is 2.25. The van der Waals surface area contributed by atoms with Crippen molar-refractivity contribution in [3.05, 3.63) is 28.1 Å². The summed E-state index contributed by atoms with van der Waals surface area (Å²) in [5, 5.41) is 14.0. The van der Waals surface area contributed by atoms with Gasteiger partial charge in [0.2, 0.25) is 5.75 Å². The third kappa shape index (κ3) is 2.98. The summed E-state index contributed by atoms with van der Waals surface area (Å²) in [6.07, 6.45) is 0.778. The van der Waals surface area contributed by atoms with Crippen molar-refractivity contribution >= 4 is 5.69 Å². The number of ether oxygens (including phenoxy) is 2. The van der Waals surface area contributed by atoms with Gasteiger partial charge in [0.05, 0.1) is 18.1 Å². The maximum Gasteiger partial charge on any atom is 0.314 e. The predicted octanol–water partition coefficient (Wildman–Crippen LogP) is 2.12. The van der Waals surface area contributed by atoms with Crippen molar-refractivity contribution in [1.82, 2.24) is 5.32 Å². The molecule has 6 nitrogen and oxygen atoms in total. The minimum Gasteiger partial charge on any atom is -0.490 e. The summed E-state index contributed by atoms with van der Waals surface area (Å²) in [5.41, 5.74) is -0.410. The fraction of sp³-hybridized carbons (Fsp3) is 0.538. The van der Waals surface area contributed by atoms with E-state index in [2.05, 4.69) is 5.32 Å². The Labute approximate surface area is 116 Å². The average Bonchev–Trinajstić information content (AvgIpc) is 2.42. The van der Waals surface area contributed by atoms with Crippen molar-refractivity contribution in [2.45, 2.75) is 19.4 Å². The van der Waals surface area contributed by atoms with E-state index in [-0.39, 0.29) is 23.5 Å². The first kappa shape index (κ1) is 14.5. The Morgan fingerprint density at radius 2 is 2.20 bits per heavy atom. The summed E-state index contributed by atoms with van der Waals surface area (Å²) in [5.74, 6) is -0.497. The number of hydrogen-bond donors (Lipinski definition) is 1. The summed E-state index contributed by atoms with van der Waals surface area (Å²) in [7, 11) is 1.30. The Morgan fingerprint density at radius 3 is 2.80 bits per heavy atom. The highest BCUT2D eigenvalue weighted by atomic mass is 19.1. The molecule has 2 unspecified atom stereocenters. The van der Waals surface area contributed by atoms with E-state index in [0.29, 0.717) is 6.54 Å². The van der Waals surface area contributed by atoms with Crippen molar-refractivity contribution < 1.29 is 18.8 Å². The molecule has 2 atom stereocenters. The Hall–Kier alpha value is -1.89. The van der Waals surface area contributed by atoms with E-state index in [9.17, 15) is 14.5 Å². The second kappa shape index (κ2) is 6.04. The zero-order valence-corrected chi connectivity index (χ0v) is 11.4. The van der Waals surface area contributed by atoms with Crippen LogP contribution < -0.4 is 14.8 Å². The van der Waals surface area contributed by atoms with Crippen molar-refractivity contribution in [2.24, 2.45) is 5.92 Å². The lowest BCUT2D eigenvalue weighted by molar-refractivity contribution is -0.386. The number of nitro benzene ring substituents is 1. The van der Waals surface area contributed by atoms with Gasteiger partial charge in [0.1, 0.15) is 6.10 Å². The molecule has 2 rings (SSSR count). The third-order valence-electron chi connectivity index (χ3n) is 3.47. The second-order valence-electron chi connectivity index (χ2n) is 4.84. The third-order valence-corrected chi connectivity index (χ3v) is 3.47. The van der Waals surface area contributed by atoms with Crippen LogP contribution in [-0.2, 0) is 0 Å². The molecular weight excluding hydrogens is 267 g/mol. The highest BCUT2D eigenvalue weighted by Gasteiger charge is 2.26. The maximum absolute atomic E-state index is 13.9. The first-order valence-electron chi connectivity index (χ1n) is 6.42. The monoisotopic (exact) mass is 284 g/mol. The van der Waals surface area contributed by atoms with Crippen LogP contribution in [0.5, 0.6) is 11.5 Å². The highest BCUT2D eigenvalue weighted by molar-refractivity contribution is 5.51. The molecule has 0 spiro atoms. The molecule has 0 aliphatic carbocycles. The molecule has 110 valence electrons. The molecular formula is C13H17FN2O4. The SMILES string of the molecule is COc1cc(OC2CNCCC2C)c(F)cc1[N+](=O)[O-]. The normalized spacial score (nSPS) is 22.4. The number of hydrogen-bond acceptors (Lipinski definition) is 5. The van der Waals surface area contributed by atoms with Crippen LogP contribution >= 0.6 is 0 Å². The Kier molecular flexibility index (Phi) is 4.39. The first-order chi connectivity index (χ1) is 9.52. The average molecular weight is 284 g/mol. The molecule has 1 aliphatic heterocycles. The van der Waals surface area contributed by atoms with Gasteiger partial charge in [-0.3, -0.25) is 10.1 Å². The molecule has 7 heteroatoms. The van der Waals surface area contributed by atoms with E-state index >= 15 is 0 Å². The quantitative estimate of drug-likeness (QED) is 0.677. The lowest BCUT2D eigenvalue weighted by Gasteiger charge is -2.30. The Morgan fingerprint density at radius 1 is 1.45 bits per heavy atom. The van der Waals surface area contributed by atoms with Crippen LogP contribution in [0.3, 0.4) is 0 Å². The highest BCUT2D eigenvalue weighted by Crippen LogP contribution is 2.34. The molecule has 20 heavy (non-hydrogen) atoms. The van der Waals surface area contributed by atoms with Crippen LogP contribution in [0.25, 0.3) is 0 Å². The van der Waals surface area contributed by atoms with Gasteiger partial charge >= 0.3 is 5.69 Å². The molecule has 1 saturated heterocycles. The summed E-state index contributed by atoms with van der Waals surface area (Å²) in [6, 6.07) is 2.06. The summed E-state index contributed by atoms with van der Waals surface area (Å²) in [4.78, 5) is 10.1. The van der Waals surface area contributed by atoms with Gasteiger partial charge in [0.25, 0.3) is 0 Å². The van der Waals surface area contributed by atoms with E-state index in [1.54, 1.807) is 0 Å². The summed E-state index contributed by atoms with van der Waals surface area (Å²) >= 11 is 0. The molecule has 0 saturated carbocycles. The second-order valence-corrected chi connectivity index (χ2v) is 4.84. The van der Waals surface area contributed by atoms with Gasteiger partial charge in [0.15, 0.2) is 11.6 Å². The van der Waals surface area contributed by atoms with Crippen molar-refractivity contribution in [3.8, 4) is 11.5 Å². The maximum atomic E-state index is 13.9. The number of methoxy groups -OCH3 is 1. The standard InChI is InChI=1S/C13H17FN2O4/c1-8-3-4-15-7-13(8)20-11-6-12(19-2)10(16(17)18)5-9(11)14/h5-6,8,13,15H,3-4,7H2,1-2H3. The van der Waals surface area contributed by atoms with Gasteiger partial charge in [0, 0.05) is 12.6 Å². The van der Waals surface area contributed by atoms with E-state index in [0.717, 1.165) is 19.0 Å². The predicted molar refractivity (Wildman–Crippen MR) is 70.7 cm³/mol. The summed E-state index contributed by atoms with van der Waals surface area (Å²) in [6.45, 7) is 3.57. The van der Waals surface area contributed by atoms with E-state index < -0.39 is 16.4 Å². The molecule has 0 amide bonds. The molecule has 1 N–H and O–H groups in total. The molecule has 0 bridgehead atoms. The molecule has 1 fully saturated rings. The first-order valence-corrected chi connectivity index (χ1v) is 6.42. The number of halogens is 1. The topological polar surface area (TPSA) is 73.6 Å². The van der Waals surface area contributed by atoms with E-state index in [4.69, 9.17) is 9.47 Å². The zero-order chi connectivity index (χ0) is 14.7. The lowest BCUT2D eigenvalue weighted by Crippen LogP contribution is -2.42. The van der Waals surface area contributed by atoms with Gasteiger partial charge in [-0.15, -0.1) is 0 Å². The summed E-state index contributed by atoms with van der Waals surface area (Å²) < 4.78 is 24.5. The van der Waals surface area contributed by atoms with Crippen LogP contribution in [0.2, 0.25) is 0 Å². The fourth-order valence-corrected chi connectivity index (χ4v) is 2.20. The van der Waals surface area contributed by atoms with Crippen LogP contribution in [-0.4, -0.2) is 31.2 Å². The fourth-order valence-electron chi connectivity index (χ4n) is 2.20. The van der Waals surface area contributed by atoms with Gasteiger partial charge in [-0.2, -0.15) is 0 Å². The Bertz CT molecular complexity index is 509. The van der Waals surface area contributed by atoms with Crippen LogP contribution in [0.15, 0.2) is 12.1 Å². The number of nitrogens with zero attached hydrogens (tertiary/aromatic N) is 1. The molecule has 0 radical (unpaired) electrons. The number of rotatable bonds is 4. The van der Waals surface area contributed by atoms with Crippen LogP contribution in [0, 0.1) is 21.8 Å². The van der Waals surface area contributed by atoms with Gasteiger partial charge in [-0.25, -0.2) is 4.39 Å². The number of nitro groups is 1.